The highest BCUT2D eigenvalue weighted by molar-refractivity contribution is 5.87. The van der Waals surface area contributed by atoms with Gasteiger partial charge in [-0.25, -0.2) is 0 Å². The van der Waals surface area contributed by atoms with Crippen LogP contribution >= 0.6 is 12.4 Å². The molecule has 1 rings (SSSR count). The minimum Gasteiger partial charge on any atom is -0.354 e. The number of rotatable bonds is 6. The number of nitrogens with one attached hydrogen (secondary N) is 2. The maximum atomic E-state index is 12.4. The second kappa shape index (κ2) is 8.28. The first-order valence-electron chi connectivity index (χ1n) is 6.97. The summed E-state index contributed by atoms with van der Waals surface area (Å²) in [5, 5.41) is 6.32. The van der Waals surface area contributed by atoms with Gasteiger partial charge < -0.3 is 10.6 Å². The molecule has 1 aromatic carbocycles. The summed E-state index contributed by atoms with van der Waals surface area (Å²) in [5.74, 6) is 0.0755. The molecule has 2 N–H and O–H groups in total. The fourth-order valence-electron chi connectivity index (χ4n) is 2.28. The molecule has 0 radical (unpaired) electrons. The van der Waals surface area contributed by atoms with Crippen molar-refractivity contribution in [2.75, 3.05) is 13.1 Å². The summed E-state index contributed by atoms with van der Waals surface area (Å²) >= 11 is 0. The molecule has 0 fully saturated rings. The first-order chi connectivity index (χ1) is 8.89. The Kier molecular flexibility index (Phi) is 7.84. The van der Waals surface area contributed by atoms with E-state index in [4.69, 9.17) is 0 Å². The van der Waals surface area contributed by atoms with Crippen LogP contribution in [-0.4, -0.2) is 25.0 Å². The average molecular weight is 299 g/mol. The average Bonchev–Trinajstić information content (AvgIpc) is 2.36. The molecule has 0 aliphatic rings. The standard InChI is InChI=1S/C16H26N2O.ClH/c1-6-17-13(3)11-18-15(19)16(4,5)14-10-8-7-9-12(14)2;/h7-10,13,17H,6,11H2,1-5H3,(H,18,19);1H/t13-;/m1./s1. The van der Waals surface area contributed by atoms with Gasteiger partial charge in [-0.05, 0) is 45.4 Å². The lowest BCUT2D eigenvalue weighted by atomic mass is 9.81. The molecule has 0 aliphatic heterocycles. The molecule has 0 heterocycles. The topological polar surface area (TPSA) is 41.1 Å². The first kappa shape index (κ1) is 18.9. The van der Waals surface area contributed by atoms with Gasteiger partial charge in [-0.3, -0.25) is 4.79 Å². The highest BCUT2D eigenvalue weighted by Crippen LogP contribution is 2.26. The Balaban J connectivity index is 0.00000361. The highest BCUT2D eigenvalue weighted by atomic mass is 35.5. The smallest absolute Gasteiger partial charge is 0.230 e. The molecule has 4 heteroatoms. The lowest BCUT2D eigenvalue weighted by Gasteiger charge is -2.27. The van der Waals surface area contributed by atoms with Crippen LogP contribution in [0.1, 0.15) is 38.8 Å². The first-order valence-corrected chi connectivity index (χ1v) is 6.97. The van der Waals surface area contributed by atoms with E-state index in [1.54, 1.807) is 0 Å². The molecule has 1 aromatic rings. The summed E-state index contributed by atoms with van der Waals surface area (Å²) in [4.78, 5) is 12.4. The van der Waals surface area contributed by atoms with Gasteiger partial charge in [-0.15, -0.1) is 12.4 Å². The third-order valence-corrected chi connectivity index (χ3v) is 3.51. The van der Waals surface area contributed by atoms with Gasteiger partial charge in [-0.2, -0.15) is 0 Å². The quantitative estimate of drug-likeness (QED) is 0.848. The zero-order valence-electron chi connectivity index (χ0n) is 13.1. The number of benzene rings is 1. The van der Waals surface area contributed by atoms with E-state index in [9.17, 15) is 4.79 Å². The third kappa shape index (κ3) is 4.80. The van der Waals surface area contributed by atoms with Gasteiger partial charge in [0.1, 0.15) is 0 Å². The molecule has 1 atom stereocenters. The molecule has 0 unspecified atom stereocenters. The fraction of sp³-hybridized carbons (Fsp3) is 0.562. The second-order valence-corrected chi connectivity index (χ2v) is 5.61. The summed E-state index contributed by atoms with van der Waals surface area (Å²) in [5.41, 5.74) is 1.74. The molecule has 114 valence electrons. The molecule has 0 aromatic heterocycles. The van der Waals surface area contributed by atoms with Gasteiger partial charge >= 0.3 is 0 Å². The van der Waals surface area contributed by atoms with Crippen LogP contribution in [0.25, 0.3) is 0 Å². The van der Waals surface area contributed by atoms with E-state index in [-0.39, 0.29) is 18.3 Å². The predicted molar refractivity (Wildman–Crippen MR) is 87.6 cm³/mol. The van der Waals surface area contributed by atoms with Gasteiger partial charge in [0.15, 0.2) is 0 Å². The monoisotopic (exact) mass is 298 g/mol. The van der Waals surface area contributed by atoms with Gasteiger partial charge in [0.25, 0.3) is 0 Å². The third-order valence-electron chi connectivity index (χ3n) is 3.51. The Hall–Kier alpha value is -1.06. The number of amides is 1. The molecule has 0 bridgehead atoms. The van der Waals surface area contributed by atoms with Crippen LogP contribution < -0.4 is 10.6 Å². The summed E-state index contributed by atoms with van der Waals surface area (Å²) in [6.45, 7) is 11.7. The van der Waals surface area contributed by atoms with Crippen molar-refractivity contribution < 1.29 is 4.79 Å². The number of hydrogen-bond acceptors (Lipinski definition) is 2. The van der Waals surface area contributed by atoms with E-state index in [1.807, 2.05) is 45.0 Å². The van der Waals surface area contributed by atoms with E-state index < -0.39 is 5.41 Å². The van der Waals surface area contributed by atoms with E-state index in [0.29, 0.717) is 12.6 Å². The molecule has 1 amide bonds. The molecule has 0 aliphatic carbocycles. The molecule has 0 saturated carbocycles. The van der Waals surface area contributed by atoms with Crippen LogP contribution in [-0.2, 0) is 10.2 Å². The van der Waals surface area contributed by atoms with Crippen LogP contribution in [0.2, 0.25) is 0 Å². The number of carbonyl (C=O) groups is 1. The number of carbonyl (C=O) groups excluding carboxylic acids is 1. The number of hydrogen-bond donors (Lipinski definition) is 2. The van der Waals surface area contributed by atoms with Gasteiger partial charge in [-0.1, -0.05) is 31.2 Å². The summed E-state index contributed by atoms with van der Waals surface area (Å²) in [6, 6.07) is 8.36. The van der Waals surface area contributed by atoms with Crippen molar-refractivity contribution in [2.24, 2.45) is 0 Å². The lowest BCUT2D eigenvalue weighted by Crippen LogP contribution is -2.45. The number of likely N-dealkylation sites (N-methyl/N-ethyl adjacent to an activating group) is 1. The minimum absolute atomic E-state index is 0. The van der Waals surface area contributed by atoms with Crippen molar-refractivity contribution in [3.8, 4) is 0 Å². The van der Waals surface area contributed by atoms with Crippen molar-refractivity contribution in [3.05, 3.63) is 35.4 Å². The minimum atomic E-state index is -0.503. The van der Waals surface area contributed by atoms with Crippen molar-refractivity contribution in [1.29, 1.82) is 0 Å². The Morgan fingerprint density at radius 2 is 1.90 bits per heavy atom. The van der Waals surface area contributed by atoms with Crippen molar-refractivity contribution in [2.45, 2.75) is 46.1 Å². The van der Waals surface area contributed by atoms with E-state index in [0.717, 1.165) is 17.7 Å². The summed E-state index contributed by atoms with van der Waals surface area (Å²) in [7, 11) is 0. The second-order valence-electron chi connectivity index (χ2n) is 5.61. The Labute approximate surface area is 128 Å². The van der Waals surface area contributed by atoms with Crippen molar-refractivity contribution in [1.82, 2.24) is 10.6 Å². The molecule has 0 spiro atoms. The van der Waals surface area contributed by atoms with Crippen LogP contribution in [0.4, 0.5) is 0 Å². The van der Waals surface area contributed by atoms with Gasteiger partial charge in [0, 0.05) is 12.6 Å². The fourth-order valence-corrected chi connectivity index (χ4v) is 2.28. The zero-order chi connectivity index (χ0) is 14.5. The molecule has 3 nitrogen and oxygen atoms in total. The zero-order valence-corrected chi connectivity index (χ0v) is 13.9. The van der Waals surface area contributed by atoms with Crippen molar-refractivity contribution >= 4 is 18.3 Å². The Morgan fingerprint density at radius 3 is 2.45 bits per heavy atom. The maximum absolute atomic E-state index is 12.4. The predicted octanol–water partition coefficient (Wildman–Crippen LogP) is 2.81. The molecule has 20 heavy (non-hydrogen) atoms. The lowest BCUT2D eigenvalue weighted by molar-refractivity contribution is -0.125. The van der Waals surface area contributed by atoms with Gasteiger partial charge in [0.05, 0.1) is 5.41 Å². The van der Waals surface area contributed by atoms with Crippen LogP contribution in [0.15, 0.2) is 24.3 Å². The molecular formula is C16H27ClN2O. The number of aryl methyl sites for hydroxylation is 1. The van der Waals surface area contributed by atoms with Crippen LogP contribution in [0.3, 0.4) is 0 Å². The number of halogens is 1. The van der Waals surface area contributed by atoms with E-state index >= 15 is 0 Å². The normalized spacial score (nSPS) is 12.4. The molecule has 0 saturated heterocycles. The van der Waals surface area contributed by atoms with Crippen LogP contribution in [0, 0.1) is 6.92 Å². The van der Waals surface area contributed by atoms with Crippen molar-refractivity contribution in [3.63, 3.8) is 0 Å². The summed E-state index contributed by atoms with van der Waals surface area (Å²) in [6.07, 6.45) is 0. The molecular weight excluding hydrogens is 272 g/mol. The SMILES string of the molecule is CCN[C@H](C)CNC(=O)C(C)(C)c1ccccc1C.Cl. The van der Waals surface area contributed by atoms with E-state index in [1.165, 1.54) is 0 Å². The highest BCUT2D eigenvalue weighted by Gasteiger charge is 2.30. The van der Waals surface area contributed by atoms with Crippen LogP contribution in [0.5, 0.6) is 0 Å². The summed E-state index contributed by atoms with van der Waals surface area (Å²) < 4.78 is 0. The Morgan fingerprint density at radius 1 is 1.30 bits per heavy atom. The Bertz CT molecular complexity index is 432. The van der Waals surface area contributed by atoms with Gasteiger partial charge in [0.2, 0.25) is 5.91 Å². The van der Waals surface area contributed by atoms with E-state index in [2.05, 4.69) is 24.5 Å². The maximum Gasteiger partial charge on any atom is 0.230 e. The largest absolute Gasteiger partial charge is 0.354 e.